The molecule has 0 aromatic heterocycles. The van der Waals surface area contributed by atoms with E-state index >= 15 is 0 Å². The van der Waals surface area contributed by atoms with Gasteiger partial charge in [-0.2, -0.15) is 0 Å². The van der Waals surface area contributed by atoms with Gasteiger partial charge in [0.25, 0.3) is 11.8 Å². The summed E-state index contributed by atoms with van der Waals surface area (Å²) in [5, 5.41) is 0.427. The van der Waals surface area contributed by atoms with Gasteiger partial charge in [0.15, 0.2) is 0 Å². The van der Waals surface area contributed by atoms with E-state index < -0.39 is 11.8 Å². The Morgan fingerprint density at radius 2 is 1.40 bits per heavy atom. The molecule has 1 aliphatic heterocycles. The van der Waals surface area contributed by atoms with Gasteiger partial charge >= 0.3 is 0 Å². The number of carbonyl (C=O) groups is 2. The van der Waals surface area contributed by atoms with E-state index in [0.29, 0.717) is 15.6 Å². The zero-order chi connectivity index (χ0) is 14.4. The Bertz CT molecular complexity index is 726. The lowest BCUT2D eigenvalue weighted by molar-refractivity contribution is 0.0926. The SMILES string of the molecule is O=C1c2ccccc2C(=O)N1c1ccc(Br)c(Cl)c1Cl. The van der Waals surface area contributed by atoms with E-state index in [1.165, 1.54) is 0 Å². The second-order valence-corrected chi connectivity index (χ2v) is 5.80. The van der Waals surface area contributed by atoms with Crippen LogP contribution in [0.4, 0.5) is 5.69 Å². The number of imide groups is 1. The van der Waals surface area contributed by atoms with Gasteiger partial charge in [0.2, 0.25) is 0 Å². The van der Waals surface area contributed by atoms with E-state index in [1.54, 1.807) is 36.4 Å². The van der Waals surface area contributed by atoms with Gasteiger partial charge in [0.05, 0.1) is 26.9 Å². The minimum atomic E-state index is -0.397. The van der Waals surface area contributed by atoms with Crippen LogP contribution in [-0.4, -0.2) is 11.8 Å². The number of hydrogen-bond acceptors (Lipinski definition) is 2. The summed E-state index contributed by atoms with van der Waals surface area (Å²) < 4.78 is 0.601. The first-order valence-electron chi connectivity index (χ1n) is 5.63. The number of anilines is 1. The van der Waals surface area contributed by atoms with Crippen LogP contribution in [-0.2, 0) is 0 Å². The largest absolute Gasteiger partial charge is 0.268 e. The van der Waals surface area contributed by atoms with Gasteiger partial charge in [0.1, 0.15) is 0 Å². The fourth-order valence-electron chi connectivity index (χ4n) is 2.10. The molecule has 20 heavy (non-hydrogen) atoms. The summed E-state index contributed by atoms with van der Waals surface area (Å²) in [4.78, 5) is 25.7. The maximum absolute atomic E-state index is 12.3. The van der Waals surface area contributed by atoms with Crippen molar-refractivity contribution >= 4 is 56.6 Å². The molecule has 2 aromatic carbocycles. The third kappa shape index (κ3) is 1.87. The smallest absolute Gasteiger partial charge is 0.266 e. The fourth-order valence-corrected chi connectivity index (χ4v) is 2.95. The molecule has 0 bridgehead atoms. The van der Waals surface area contributed by atoms with E-state index in [1.807, 2.05) is 0 Å². The Labute approximate surface area is 133 Å². The van der Waals surface area contributed by atoms with Gasteiger partial charge in [-0.25, -0.2) is 4.90 Å². The number of benzene rings is 2. The first-order valence-corrected chi connectivity index (χ1v) is 7.18. The lowest BCUT2D eigenvalue weighted by atomic mass is 10.1. The standard InChI is InChI=1S/C14H6BrCl2NO2/c15-9-5-6-10(12(17)11(9)16)18-13(19)7-3-1-2-4-8(7)14(18)20/h1-6H. The highest BCUT2D eigenvalue weighted by molar-refractivity contribution is 9.10. The molecule has 1 aliphatic rings. The van der Waals surface area contributed by atoms with E-state index in [2.05, 4.69) is 15.9 Å². The van der Waals surface area contributed by atoms with Crippen LogP contribution in [0.25, 0.3) is 0 Å². The molecule has 0 spiro atoms. The van der Waals surface area contributed by atoms with Crippen molar-refractivity contribution in [3.05, 3.63) is 62.0 Å². The number of nitrogens with zero attached hydrogens (tertiary/aromatic N) is 1. The third-order valence-electron chi connectivity index (χ3n) is 3.05. The summed E-state index contributed by atoms with van der Waals surface area (Å²) in [6, 6.07) is 9.88. The molecule has 0 saturated heterocycles. The zero-order valence-electron chi connectivity index (χ0n) is 9.86. The first-order chi connectivity index (χ1) is 9.52. The molecule has 2 amide bonds. The molecule has 0 radical (unpaired) electrons. The molecule has 0 unspecified atom stereocenters. The molecule has 3 rings (SSSR count). The number of carbonyl (C=O) groups excluding carboxylic acids is 2. The van der Waals surface area contributed by atoms with Gasteiger partial charge < -0.3 is 0 Å². The first kappa shape index (κ1) is 13.6. The minimum Gasteiger partial charge on any atom is -0.268 e. The monoisotopic (exact) mass is 369 g/mol. The molecule has 3 nitrogen and oxygen atoms in total. The van der Waals surface area contributed by atoms with Crippen LogP contribution in [0, 0.1) is 0 Å². The van der Waals surface area contributed by atoms with Gasteiger partial charge in [0, 0.05) is 4.47 Å². The summed E-state index contributed by atoms with van der Waals surface area (Å²) in [7, 11) is 0. The van der Waals surface area contributed by atoms with E-state index in [-0.39, 0.29) is 15.7 Å². The van der Waals surface area contributed by atoms with Crippen molar-refractivity contribution in [3.63, 3.8) is 0 Å². The van der Waals surface area contributed by atoms with Gasteiger partial charge in [-0.3, -0.25) is 9.59 Å². The Kier molecular flexibility index (Phi) is 3.32. The normalized spacial score (nSPS) is 13.8. The maximum Gasteiger partial charge on any atom is 0.266 e. The van der Waals surface area contributed by atoms with Crippen molar-refractivity contribution in [2.75, 3.05) is 4.90 Å². The Hall–Kier alpha value is -1.36. The van der Waals surface area contributed by atoms with Crippen LogP contribution in [0.2, 0.25) is 10.0 Å². The lowest BCUT2D eigenvalue weighted by Crippen LogP contribution is -2.29. The average molecular weight is 371 g/mol. The van der Waals surface area contributed by atoms with E-state index in [9.17, 15) is 9.59 Å². The molecule has 0 N–H and O–H groups in total. The molecule has 0 saturated carbocycles. The molecule has 6 heteroatoms. The lowest BCUT2D eigenvalue weighted by Gasteiger charge is -2.16. The van der Waals surface area contributed by atoms with E-state index in [0.717, 1.165) is 4.90 Å². The van der Waals surface area contributed by atoms with Crippen LogP contribution in [0.1, 0.15) is 20.7 Å². The molecule has 100 valence electrons. The topological polar surface area (TPSA) is 37.4 Å². The Morgan fingerprint density at radius 1 is 0.850 bits per heavy atom. The summed E-state index contributed by atoms with van der Waals surface area (Å²) >= 11 is 15.4. The molecule has 0 fully saturated rings. The van der Waals surface area contributed by atoms with Crippen molar-refractivity contribution in [2.45, 2.75) is 0 Å². The zero-order valence-corrected chi connectivity index (χ0v) is 13.0. The predicted molar refractivity (Wildman–Crippen MR) is 81.7 cm³/mol. The quantitative estimate of drug-likeness (QED) is 0.545. The van der Waals surface area contributed by atoms with Crippen molar-refractivity contribution in [1.82, 2.24) is 0 Å². The summed E-state index contributed by atoms with van der Waals surface area (Å²) in [6.07, 6.45) is 0. The van der Waals surface area contributed by atoms with Crippen molar-refractivity contribution < 1.29 is 9.59 Å². The van der Waals surface area contributed by atoms with Crippen LogP contribution in [0.5, 0.6) is 0 Å². The maximum atomic E-state index is 12.3. The highest BCUT2D eigenvalue weighted by Gasteiger charge is 2.37. The number of rotatable bonds is 1. The van der Waals surface area contributed by atoms with Crippen LogP contribution in [0.3, 0.4) is 0 Å². The summed E-state index contributed by atoms with van der Waals surface area (Å²) in [5.41, 5.74) is 1.02. The highest BCUT2D eigenvalue weighted by atomic mass is 79.9. The highest BCUT2D eigenvalue weighted by Crippen LogP contribution is 2.40. The number of hydrogen-bond donors (Lipinski definition) is 0. The number of amides is 2. The molecular weight excluding hydrogens is 365 g/mol. The minimum absolute atomic E-state index is 0.163. The Morgan fingerprint density at radius 3 is 1.95 bits per heavy atom. The second-order valence-electron chi connectivity index (χ2n) is 4.19. The van der Waals surface area contributed by atoms with Gasteiger partial charge in [-0.1, -0.05) is 35.3 Å². The molecule has 2 aromatic rings. The average Bonchev–Trinajstić information content (AvgIpc) is 2.70. The van der Waals surface area contributed by atoms with Crippen LogP contribution >= 0.6 is 39.1 Å². The third-order valence-corrected chi connectivity index (χ3v) is 4.81. The number of fused-ring (bicyclic) bond motifs is 1. The number of halogens is 3. The Balaban J connectivity index is 2.17. The van der Waals surface area contributed by atoms with Crippen molar-refractivity contribution in [2.24, 2.45) is 0 Å². The summed E-state index contributed by atoms with van der Waals surface area (Å²) in [6.45, 7) is 0. The van der Waals surface area contributed by atoms with Crippen molar-refractivity contribution in [3.8, 4) is 0 Å². The van der Waals surface area contributed by atoms with Gasteiger partial charge in [-0.15, -0.1) is 0 Å². The van der Waals surface area contributed by atoms with Crippen molar-refractivity contribution in [1.29, 1.82) is 0 Å². The van der Waals surface area contributed by atoms with Crippen LogP contribution < -0.4 is 4.90 Å². The van der Waals surface area contributed by atoms with E-state index in [4.69, 9.17) is 23.2 Å². The summed E-state index contributed by atoms with van der Waals surface area (Å²) in [5.74, 6) is -0.795. The molecule has 0 atom stereocenters. The molecular formula is C14H6BrCl2NO2. The van der Waals surface area contributed by atoms with Crippen LogP contribution in [0.15, 0.2) is 40.9 Å². The predicted octanol–water partition coefficient (Wildman–Crippen LogP) is 4.56. The molecule has 1 heterocycles. The fraction of sp³-hybridized carbons (Fsp3) is 0. The van der Waals surface area contributed by atoms with Gasteiger partial charge in [-0.05, 0) is 40.2 Å². The second kappa shape index (κ2) is 4.88. The molecule has 0 aliphatic carbocycles.